The third kappa shape index (κ3) is 4.61. The van der Waals surface area contributed by atoms with E-state index >= 15 is 0 Å². The molecule has 0 spiro atoms. The zero-order valence-corrected chi connectivity index (χ0v) is 22.6. The fraction of sp³-hybridized carbons (Fsp3) is 0.476. The predicted molar refractivity (Wildman–Crippen MR) is 133 cm³/mol. The number of hydrogen-bond acceptors (Lipinski definition) is 6. The van der Waals surface area contributed by atoms with Crippen LogP contribution in [0, 0.1) is 20.7 Å². The van der Waals surface area contributed by atoms with Crippen LogP contribution in [0.5, 0.6) is 0 Å². The molecule has 0 aliphatic carbocycles. The number of ether oxygens (including phenoxy) is 1. The first-order valence-electron chi connectivity index (χ1n) is 10.3. The Labute approximate surface area is 216 Å². The van der Waals surface area contributed by atoms with Gasteiger partial charge in [-0.1, -0.05) is 16.8 Å². The average Bonchev–Trinajstić information content (AvgIpc) is 3.18. The normalized spacial score (nSPS) is 19.2. The number of likely N-dealkylation sites (tertiary alicyclic amines) is 1. The van der Waals surface area contributed by atoms with Crippen LogP contribution in [-0.2, 0) is 4.74 Å². The Morgan fingerprint density at radius 2 is 2.18 bits per heavy atom. The van der Waals surface area contributed by atoms with Gasteiger partial charge < -0.3 is 9.64 Å². The van der Waals surface area contributed by atoms with Crippen LogP contribution in [-0.4, -0.2) is 49.2 Å². The maximum absolute atomic E-state index is 15.0. The van der Waals surface area contributed by atoms with Gasteiger partial charge in [-0.15, -0.1) is 5.10 Å². The number of nitrogens with zero attached hydrogens (tertiary/aromatic N) is 6. The summed E-state index contributed by atoms with van der Waals surface area (Å²) in [4.78, 5) is 18.5. The summed E-state index contributed by atoms with van der Waals surface area (Å²) in [5.74, 6) is -0.504. The molecule has 1 amide bonds. The Bertz CT molecular complexity index is 1300. The van der Waals surface area contributed by atoms with Gasteiger partial charge in [-0.05, 0) is 78.2 Å². The van der Waals surface area contributed by atoms with Gasteiger partial charge in [-0.25, -0.2) is 18.9 Å². The Morgan fingerprint density at radius 3 is 2.85 bits per heavy atom. The topological polar surface area (TPSA) is 96.9 Å². The molecule has 0 saturated carbocycles. The van der Waals surface area contributed by atoms with Crippen LogP contribution in [0.2, 0.25) is 5.15 Å². The zero-order valence-electron chi connectivity index (χ0n) is 18.1. The number of hydrogen-bond donors (Lipinski definition) is 0. The summed E-state index contributed by atoms with van der Waals surface area (Å²) in [5.41, 5.74) is 0.461. The van der Waals surface area contributed by atoms with Crippen molar-refractivity contribution in [2.75, 3.05) is 6.54 Å². The average molecular weight is 650 g/mol. The summed E-state index contributed by atoms with van der Waals surface area (Å²) in [5, 5.41) is 18.5. The zero-order chi connectivity index (χ0) is 24.1. The molecule has 33 heavy (non-hydrogen) atoms. The van der Waals surface area contributed by atoms with Gasteiger partial charge in [0.15, 0.2) is 16.5 Å². The first-order valence-corrected chi connectivity index (χ1v) is 12.5. The smallest absolute Gasteiger partial charge is 0.410 e. The van der Waals surface area contributed by atoms with E-state index in [9.17, 15) is 14.4 Å². The number of benzene rings is 1. The summed E-state index contributed by atoms with van der Waals surface area (Å²) in [6.07, 6.45) is 0.758. The second kappa shape index (κ2) is 9.11. The number of carbonyl (C=O) groups excluding carboxylic acids is 1. The van der Waals surface area contributed by atoms with E-state index in [1.165, 1.54) is 0 Å². The summed E-state index contributed by atoms with van der Waals surface area (Å²) in [7, 11) is 0. The highest BCUT2D eigenvalue weighted by molar-refractivity contribution is 14.1. The highest BCUT2D eigenvalue weighted by atomic mass is 127. The third-order valence-electron chi connectivity index (χ3n) is 5.48. The molecule has 3 aromatic rings. The van der Waals surface area contributed by atoms with Crippen LogP contribution < -0.4 is 0 Å². The van der Waals surface area contributed by atoms with Crippen molar-refractivity contribution in [2.45, 2.75) is 57.7 Å². The van der Waals surface area contributed by atoms with Crippen molar-refractivity contribution in [3.8, 4) is 6.07 Å². The van der Waals surface area contributed by atoms with Gasteiger partial charge in [-0.3, -0.25) is 0 Å². The first kappa shape index (κ1) is 24.3. The Hall–Kier alpha value is -1.78. The highest BCUT2D eigenvalue weighted by Crippen LogP contribution is 2.38. The number of halogens is 4. The second-order valence-corrected chi connectivity index (χ2v) is 11.2. The maximum Gasteiger partial charge on any atom is 0.410 e. The van der Waals surface area contributed by atoms with Gasteiger partial charge in [0, 0.05) is 15.5 Å². The molecule has 12 heteroatoms. The number of rotatable bonds is 2. The van der Waals surface area contributed by atoms with Crippen LogP contribution in [0.25, 0.3) is 21.9 Å². The maximum atomic E-state index is 15.0. The van der Waals surface area contributed by atoms with Crippen LogP contribution in [0.1, 0.15) is 46.1 Å². The van der Waals surface area contributed by atoms with Crippen LogP contribution >= 0.6 is 50.1 Å². The van der Waals surface area contributed by atoms with Crippen LogP contribution in [0.15, 0.2) is 10.5 Å². The standard InChI is InChI=1S/C21H20BrClFIN6O2/c1-21(2,3)33-20(32)30-7-5-11(8-10(30)4-6-26)31-18-12-9-13(25)14(22)15(24)16(12)27-19(23)17(18)28-29-31/h9-11H,4-5,7-8H2,1-3H3/t10-,11+/m1/s1. The molecule has 0 N–H and O–H groups in total. The quantitative estimate of drug-likeness (QED) is 0.192. The minimum absolute atomic E-state index is 0.0653. The molecule has 1 aromatic carbocycles. The molecular weight excluding hydrogens is 630 g/mol. The largest absolute Gasteiger partial charge is 0.444 e. The fourth-order valence-electron chi connectivity index (χ4n) is 4.08. The van der Waals surface area contributed by atoms with E-state index < -0.39 is 17.5 Å². The lowest BCUT2D eigenvalue weighted by Crippen LogP contribution is -2.48. The third-order valence-corrected chi connectivity index (χ3v) is 8.11. The van der Waals surface area contributed by atoms with Crippen molar-refractivity contribution in [1.29, 1.82) is 5.26 Å². The van der Waals surface area contributed by atoms with E-state index in [1.54, 1.807) is 30.4 Å². The molecule has 0 bridgehead atoms. The van der Waals surface area contributed by atoms with Gasteiger partial charge in [0.2, 0.25) is 0 Å². The molecule has 174 valence electrons. The summed E-state index contributed by atoms with van der Waals surface area (Å²) in [6, 6.07) is 3.46. The summed E-state index contributed by atoms with van der Waals surface area (Å²) in [6.45, 7) is 5.81. The van der Waals surface area contributed by atoms with Gasteiger partial charge in [-0.2, -0.15) is 5.26 Å². The van der Waals surface area contributed by atoms with Crippen molar-refractivity contribution in [2.24, 2.45) is 0 Å². The van der Waals surface area contributed by atoms with Crippen molar-refractivity contribution in [3.63, 3.8) is 0 Å². The van der Waals surface area contributed by atoms with Gasteiger partial charge >= 0.3 is 6.09 Å². The van der Waals surface area contributed by atoms with E-state index in [1.807, 2.05) is 28.7 Å². The molecule has 0 radical (unpaired) electrons. The van der Waals surface area contributed by atoms with Crippen LogP contribution in [0.3, 0.4) is 0 Å². The second-order valence-electron chi connectivity index (χ2n) is 8.88. The predicted octanol–water partition coefficient (Wildman–Crippen LogP) is 5.99. The fourth-order valence-corrected chi connectivity index (χ4v) is 5.14. The molecule has 3 heterocycles. The molecule has 1 aliphatic heterocycles. The molecule has 2 aromatic heterocycles. The van der Waals surface area contributed by atoms with E-state index in [-0.39, 0.29) is 29.2 Å². The number of amides is 1. The lowest BCUT2D eigenvalue weighted by atomic mass is 9.95. The van der Waals surface area contributed by atoms with Crippen molar-refractivity contribution in [3.05, 3.63) is 25.1 Å². The lowest BCUT2D eigenvalue weighted by molar-refractivity contribution is 0.00557. The van der Waals surface area contributed by atoms with Crippen molar-refractivity contribution < 1.29 is 13.9 Å². The van der Waals surface area contributed by atoms with E-state index in [4.69, 9.17) is 16.3 Å². The van der Waals surface area contributed by atoms with E-state index in [2.05, 4.69) is 37.3 Å². The molecule has 4 rings (SSSR count). The highest BCUT2D eigenvalue weighted by Gasteiger charge is 2.36. The van der Waals surface area contributed by atoms with E-state index in [0.717, 1.165) is 0 Å². The molecule has 1 aliphatic rings. The van der Waals surface area contributed by atoms with Crippen molar-refractivity contribution >= 4 is 78.2 Å². The Morgan fingerprint density at radius 1 is 1.45 bits per heavy atom. The molecule has 8 nitrogen and oxygen atoms in total. The number of aromatic nitrogens is 4. The van der Waals surface area contributed by atoms with Gasteiger partial charge in [0.25, 0.3) is 0 Å². The molecule has 2 atom stereocenters. The Kier molecular flexibility index (Phi) is 6.72. The summed E-state index contributed by atoms with van der Waals surface area (Å²) >= 11 is 11.6. The number of pyridine rings is 1. The number of fused-ring (bicyclic) bond motifs is 3. The monoisotopic (exact) mass is 648 g/mol. The molecule has 1 saturated heterocycles. The minimum Gasteiger partial charge on any atom is -0.444 e. The number of piperidine rings is 1. The van der Waals surface area contributed by atoms with E-state index in [0.29, 0.717) is 43.8 Å². The molecular formula is C21H20BrClFIN6O2. The number of carbonyl (C=O) groups is 1. The van der Waals surface area contributed by atoms with Crippen LogP contribution in [0.4, 0.5) is 9.18 Å². The SMILES string of the molecule is CC(C)(C)OC(=O)N1CC[C@H](n2nnc3c(Cl)nc4c(F)c(Br)c(I)cc4c32)C[C@H]1CC#N. The van der Waals surface area contributed by atoms with Crippen molar-refractivity contribution in [1.82, 2.24) is 24.9 Å². The lowest BCUT2D eigenvalue weighted by Gasteiger charge is -2.39. The Balaban J connectivity index is 1.76. The van der Waals surface area contributed by atoms with Gasteiger partial charge in [0.05, 0.1) is 29.0 Å². The number of nitriles is 1. The minimum atomic E-state index is -0.634. The molecule has 1 fully saturated rings. The first-order chi connectivity index (χ1) is 15.5. The van der Waals surface area contributed by atoms with Gasteiger partial charge in [0.1, 0.15) is 16.6 Å². The summed E-state index contributed by atoms with van der Waals surface area (Å²) < 4.78 is 23.2. The molecule has 0 unspecified atom stereocenters.